The first-order valence-electron chi connectivity index (χ1n) is 11.9. The van der Waals surface area contributed by atoms with Crippen LogP contribution in [-0.4, -0.2) is 48.5 Å². The summed E-state index contributed by atoms with van der Waals surface area (Å²) in [5.74, 6) is 0.695. The molecule has 0 unspecified atom stereocenters. The van der Waals surface area contributed by atoms with Crippen molar-refractivity contribution in [2.45, 2.75) is 37.8 Å². The molecule has 34 heavy (non-hydrogen) atoms. The Kier molecular flexibility index (Phi) is 5.34. The predicted molar refractivity (Wildman–Crippen MR) is 135 cm³/mol. The molecule has 2 aromatic heterocycles. The van der Waals surface area contributed by atoms with Crippen molar-refractivity contribution < 1.29 is 9.59 Å². The van der Waals surface area contributed by atoms with Gasteiger partial charge in [0.2, 0.25) is 0 Å². The normalized spacial score (nSPS) is 19.4. The number of aromatic nitrogens is 1. The van der Waals surface area contributed by atoms with Crippen LogP contribution in [0.3, 0.4) is 0 Å². The number of fused-ring (bicyclic) bond motifs is 3. The lowest BCUT2D eigenvalue weighted by molar-refractivity contribution is 0.0952. The third kappa shape index (κ3) is 3.97. The van der Waals surface area contributed by atoms with E-state index in [0.717, 1.165) is 64.7 Å². The van der Waals surface area contributed by atoms with E-state index in [1.54, 1.807) is 6.07 Å². The number of amides is 2. The summed E-state index contributed by atoms with van der Waals surface area (Å²) in [4.78, 5) is 36.8. The van der Waals surface area contributed by atoms with E-state index >= 15 is 0 Å². The zero-order chi connectivity index (χ0) is 23.2. The molecule has 2 amide bonds. The Hall–Kier alpha value is -3.23. The Morgan fingerprint density at radius 3 is 2.71 bits per heavy atom. The number of pyridine rings is 1. The van der Waals surface area contributed by atoms with Gasteiger partial charge in [-0.3, -0.25) is 9.59 Å². The number of nitrogens with one attached hydrogen (secondary N) is 1. The Morgan fingerprint density at radius 2 is 1.91 bits per heavy atom. The van der Waals surface area contributed by atoms with E-state index in [4.69, 9.17) is 10.7 Å². The van der Waals surface area contributed by atoms with Gasteiger partial charge in [-0.2, -0.15) is 0 Å². The second-order valence-electron chi connectivity index (χ2n) is 9.31. The summed E-state index contributed by atoms with van der Waals surface area (Å²) in [7, 11) is 0. The van der Waals surface area contributed by atoms with Gasteiger partial charge in [0, 0.05) is 42.2 Å². The first-order chi connectivity index (χ1) is 16.6. The molecule has 1 aromatic carbocycles. The van der Waals surface area contributed by atoms with Gasteiger partial charge in [0.05, 0.1) is 10.6 Å². The van der Waals surface area contributed by atoms with Crippen LogP contribution >= 0.6 is 11.3 Å². The molecule has 1 aliphatic carbocycles. The van der Waals surface area contributed by atoms with Crippen LogP contribution in [0, 0.1) is 0 Å². The Morgan fingerprint density at radius 1 is 1.06 bits per heavy atom. The second kappa shape index (κ2) is 8.52. The zero-order valence-corrected chi connectivity index (χ0v) is 19.7. The number of hydrogen-bond acceptors (Lipinski definition) is 6. The molecule has 2 aliphatic heterocycles. The maximum absolute atomic E-state index is 13.7. The number of rotatable bonds is 4. The van der Waals surface area contributed by atoms with Crippen LogP contribution in [0.25, 0.3) is 10.4 Å². The number of benzene rings is 1. The molecule has 3 aliphatic rings. The van der Waals surface area contributed by atoms with Gasteiger partial charge >= 0.3 is 0 Å². The topological polar surface area (TPSA) is 91.6 Å². The number of nitrogens with zero attached hydrogens (tertiary/aromatic N) is 3. The third-order valence-electron chi connectivity index (χ3n) is 6.74. The minimum atomic E-state index is -0.111. The Bertz CT molecular complexity index is 1270. The molecule has 3 N–H and O–H groups in total. The van der Waals surface area contributed by atoms with E-state index in [1.165, 1.54) is 11.3 Å². The maximum atomic E-state index is 13.7. The van der Waals surface area contributed by atoms with Gasteiger partial charge in [-0.1, -0.05) is 24.3 Å². The van der Waals surface area contributed by atoms with Crippen molar-refractivity contribution in [3.63, 3.8) is 0 Å². The maximum Gasteiger partial charge on any atom is 0.276 e. The van der Waals surface area contributed by atoms with Crippen molar-refractivity contribution in [2.75, 3.05) is 29.4 Å². The van der Waals surface area contributed by atoms with Gasteiger partial charge < -0.3 is 20.9 Å². The van der Waals surface area contributed by atoms with E-state index in [0.29, 0.717) is 24.7 Å². The fraction of sp³-hybridized carbons (Fsp3) is 0.346. The summed E-state index contributed by atoms with van der Waals surface area (Å²) in [6.07, 6.45) is 3.75. The molecule has 6 rings (SSSR count). The van der Waals surface area contributed by atoms with Crippen molar-refractivity contribution in [3.8, 4) is 10.4 Å². The third-order valence-corrected chi connectivity index (χ3v) is 7.95. The first kappa shape index (κ1) is 21.3. The molecule has 0 radical (unpaired) electrons. The van der Waals surface area contributed by atoms with E-state index in [-0.39, 0.29) is 17.9 Å². The summed E-state index contributed by atoms with van der Waals surface area (Å²) in [6, 6.07) is 16.0. The summed E-state index contributed by atoms with van der Waals surface area (Å²) in [5, 5.41) is 3.09. The molecule has 2 fully saturated rings. The van der Waals surface area contributed by atoms with Crippen molar-refractivity contribution in [1.29, 1.82) is 0 Å². The highest BCUT2D eigenvalue weighted by atomic mass is 32.1. The number of carbonyl (C=O) groups is 2. The predicted octanol–water partition coefficient (Wildman–Crippen LogP) is 3.44. The largest absolute Gasteiger partial charge is 0.355 e. The van der Waals surface area contributed by atoms with Gasteiger partial charge in [-0.05, 0) is 55.5 Å². The fourth-order valence-corrected chi connectivity index (χ4v) is 5.90. The van der Waals surface area contributed by atoms with Crippen LogP contribution in [0.4, 0.5) is 11.5 Å². The van der Waals surface area contributed by atoms with Crippen LogP contribution in [0.2, 0.25) is 0 Å². The second-order valence-corrected chi connectivity index (χ2v) is 10.4. The SMILES string of the molecule is N[C@@H]1CCN(c2cccc(C(=O)N3CCc4cc(C(=O)NC5CC5)sc4-c4ccccc43)n2)C1. The van der Waals surface area contributed by atoms with Crippen LogP contribution in [0.5, 0.6) is 0 Å². The average Bonchev–Trinajstić information content (AvgIpc) is 3.44. The molecular formula is C26H27N5O2S. The molecule has 1 atom stereocenters. The minimum Gasteiger partial charge on any atom is -0.355 e. The van der Waals surface area contributed by atoms with Gasteiger partial charge in [-0.25, -0.2) is 4.98 Å². The van der Waals surface area contributed by atoms with Gasteiger partial charge in [0.1, 0.15) is 11.5 Å². The summed E-state index contributed by atoms with van der Waals surface area (Å²) >= 11 is 1.51. The summed E-state index contributed by atoms with van der Waals surface area (Å²) in [5.41, 5.74) is 9.46. The monoisotopic (exact) mass is 473 g/mol. The number of thiophene rings is 1. The number of nitrogens with two attached hydrogens (primary N) is 1. The molecule has 1 saturated heterocycles. The van der Waals surface area contributed by atoms with Crippen molar-refractivity contribution in [3.05, 3.63) is 64.7 Å². The van der Waals surface area contributed by atoms with Gasteiger partial charge in [0.15, 0.2) is 0 Å². The highest BCUT2D eigenvalue weighted by molar-refractivity contribution is 7.17. The lowest BCUT2D eigenvalue weighted by Gasteiger charge is -2.23. The molecule has 8 heteroatoms. The molecule has 0 spiro atoms. The van der Waals surface area contributed by atoms with Crippen LogP contribution in [0.15, 0.2) is 48.5 Å². The number of para-hydroxylation sites is 1. The zero-order valence-electron chi connectivity index (χ0n) is 18.9. The fourth-order valence-electron chi connectivity index (χ4n) is 4.76. The smallest absolute Gasteiger partial charge is 0.276 e. The Balaban J connectivity index is 1.31. The number of anilines is 2. The molecule has 0 bridgehead atoms. The highest BCUT2D eigenvalue weighted by Crippen LogP contribution is 2.42. The van der Waals surface area contributed by atoms with E-state index < -0.39 is 0 Å². The lowest BCUT2D eigenvalue weighted by Crippen LogP contribution is -2.33. The molecule has 1 saturated carbocycles. The van der Waals surface area contributed by atoms with Gasteiger partial charge in [-0.15, -0.1) is 11.3 Å². The molecule has 4 heterocycles. The van der Waals surface area contributed by atoms with Crippen molar-refractivity contribution >= 4 is 34.7 Å². The van der Waals surface area contributed by atoms with Gasteiger partial charge in [0.25, 0.3) is 11.8 Å². The average molecular weight is 474 g/mol. The molecule has 3 aromatic rings. The minimum absolute atomic E-state index is 0.00799. The van der Waals surface area contributed by atoms with Crippen molar-refractivity contribution in [1.82, 2.24) is 10.3 Å². The summed E-state index contributed by atoms with van der Waals surface area (Å²) < 4.78 is 0. The number of hydrogen-bond donors (Lipinski definition) is 2. The standard InChI is InChI=1S/C26H27N5O2S/c27-17-11-12-30(15-17)23-7-3-5-20(29-23)26(33)31-13-10-16-14-22(25(32)28-18-8-9-18)34-24(16)19-4-1-2-6-21(19)31/h1-7,14,17-18H,8-13,15,27H2,(H,28,32)/t17-/m1/s1. The number of carbonyl (C=O) groups excluding carboxylic acids is 2. The quantitative estimate of drug-likeness (QED) is 0.606. The lowest BCUT2D eigenvalue weighted by atomic mass is 10.1. The van der Waals surface area contributed by atoms with Crippen LogP contribution in [0.1, 0.15) is 45.0 Å². The summed E-state index contributed by atoms with van der Waals surface area (Å²) in [6.45, 7) is 2.15. The van der Waals surface area contributed by atoms with Crippen molar-refractivity contribution in [2.24, 2.45) is 5.73 Å². The van der Waals surface area contributed by atoms with E-state index in [2.05, 4.69) is 10.2 Å². The highest BCUT2D eigenvalue weighted by Gasteiger charge is 2.30. The van der Waals surface area contributed by atoms with Crippen LogP contribution < -0.4 is 20.9 Å². The van der Waals surface area contributed by atoms with Crippen LogP contribution in [-0.2, 0) is 6.42 Å². The molecular weight excluding hydrogens is 446 g/mol. The molecule has 174 valence electrons. The molecule has 7 nitrogen and oxygen atoms in total. The van der Waals surface area contributed by atoms with E-state index in [9.17, 15) is 9.59 Å². The Labute approximate surface area is 202 Å². The first-order valence-corrected chi connectivity index (χ1v) is 12.7. The van der Waals surface area contributed by atoms with E-state index in [1.807, 2.05) is 47.4 Å².